The first kappa shape index (κ1) is 15.0. The van der Waals surface area contributed by atoms with Crippen molar-refractivity contribution in [1.29, 1.82) is 0 Å². The standard InChI is InChI=1S/C16H21FN2O/c1-13-11-19(8-7-18(13)2)12-15-6-5-14(4-3-9-20)10-16(15)17/h5-6,10,13,20H,7-9,11-12H2,1-2H3. The summed E-state index contributed by atoms with van der Waals surface area (Å²) >= 11 is 0. The second kappa shape index (κ2) is 6.85. The number of rotatable bonds is 2. The van der Waals surface area contributed by atoms with E-state index in [0.29, 0.717) is 23.7 Å². The topological polar surface area (TPSA) is 26.7 Å². The van der Waals surface area contributed by atoms with E-state index in [1.54, 1.807) is 12.1 Å². The molecule has 1 atom stereocenters. The van der Waals surface area contributed by atoms with E-state index in [0.717, 1.165) is 19.6 Å². The third kappa shape index (κ3) is 3.80. The summed E-state index contributed by atoms with van der Waals surface area (Å²) in [5.41, 5.74) is 1.31. The Hall–Kier alpha value is -1.41. The largest absolute Gasteiger partial charge is 0.384 e. The summed E-state index contributed by atoms with van der Waals surface area (Å²) in [6.45, 7) is 5.56. The summed E-state index contributed by atoms with van der Waals surface area (Å²) in [4.78, 5) is 4.60. The van der Waals surface area contributed by atoms with E-state index in [9.17, 15) is 4.39 Å². The van der Waals surface area contributed by atoms with Gasteiger partial charge in [-0.05, 0) is 26.1 Å². The van der Waals surface area contributed by atoms with Gasteiger partial charge in [-0.25, -0.2) is 4.39 Å². The van der Waals surface area contributed by atoms with Crippen LogP contribution in [0.15, 0.2) is 18.2 Å². The summed E-state index contributed by atoms with van der Waals surface area (Å²) in [6.07, 6.45) is 0. The molecule has 108 valence electrons. The van der Waals surface area contributed by atoms with Crippen LogP contribution in [0.25, 0.3) is 0 Å². The van der Waals surface area contributed by atoms with Crippen LogP contribution in [0, 0.1) is 17.7 Å². The Morgan fingerprint density at radius 3 is 2.85 bits per heavy atom. The zero-order valence-corrected chi connectivity index (χ0v) is 12.1. The Morgan fingerprint density at radius 2 is 2.20 bits per heavy atom. The monoisotopic (exact) mass is 276 g/mol. The van der Waals surface area contributed by atoms with Gasteiger partial charge in [0, 0.05) is 43.3 Å². The highest BCUT2D eigenvalue weighted by Crippen LogP contribution is 2.15. The van der Waals surface area contributed by atoms with Gasteiger partial charge in [-0.2, -0.15) is 0 Å². The van der Waals surface area contributed by atoms with Crippen molar-refractivity contribution < 1.29 is 9.50 Å². The number of nitrogens with zero attached hydrogens (tertiary/aromatic N) is 2. The minimum Gasteiger partial charge on any atom is -0.384 e. The molecule has 0 saturated carbocycles. The number of benzene rings is 1. The highest BCUT2D eigenvalue weighted by atomic mass is 19.1. The summed E-state index contributed by atoms with van der Waals surface area (Å²) in [5.74, 6) is 5.02. The van der Waals surface area contributed by atoms with Crippen molar-refractivity contribution >= 4 is 0 Å². The van der Waals surface area contributed by atoms with Crippen molar-refractivity contribution in [2.24, 2.45) is 0 Å². The van der Waals surface area contributed by atoms with E-state index >= 15 is 0 Å². The Bertz CT molecular complexity index is 521. The maximum atomic E-state index is 14.0. The van der Waals surface area contributed by atoms with Crippen molar-refractivity contribution in [1.82, 2.24) is 9.80 Å². The van der Waals surface area contributed by atoms with Crippen LogP contribution in [-0.2, 0) is 6.54 Å². The molecule has 0 bridgehead atoms. The lowest BCUT2D eigenvalue weighted by Crippen LogP contribution is -2.49. The molecule has 0 spiro atoms. The Labute approximate surface area is 120 Å². The average Bonchev–Trinajstić information content (AvgIpc) is 2.43. The third-order valence-electron chi connectivity index (χ3n) is 3.80. The van der Waals surface area contributed by atoms with Crippen molar-refractivity contribution in [3.05, 3.63) is 35.1 Å². The summed E-state index contributed by atoms with van der Waals surface area (Å²) in [7, 11) is 2.12. The van der Waals surface area contributed by atoms with Gasteiger partial charge in [-0.3, -0.25) is 4.90 Å². The molecule has 1 aromatic carbocycles. The molecule has 2 rings (SSSR count). The molecule has 0 aliphatic carbocycles. The van der Waals surface area contributed by atoms with Gasteiger partial charge in [0.05, 0.1) is 0 Å². The minimum atomic E-state index is -0.221. The fraction of sp³-hybridized carbons (Fsp3) is 0.500. The molecule has 1 N–H and O–H groups in total. The molecule has 1 aliphatic heterocycles. The quantitative estimate of drug-likeness (QED) is 0.825. The van der Waals surface area contributed by atoms with E-state index in [4.69, 9.17) is 5.11 Å². The molecule has 3 nitrogen and oxygen atoms in total. The van der Waals surface area contributed by atoms with Gasteiger partial charge in [0.2, 0.25) is 0 Å². The molecule has 1 fully saturated rings. The number of hydrogen-bond acceptors (Lipinski definition) is 3. The van der Waals surface area contributed by atoms with Crippen LogP contribution in [0.5, 0.6) is 0 Å². The van der Waals surface area contributed by atoms with Crippen LogP contribution in [0.3, 0.4) is 0 Å². The fourth-order valence-electron chi connectivity index (χ4n) is 2.40. The van der Waals surface area contributed by atoms with Gasteiger partial charge in [0.25, 0.3) is 0 Å². The normalized spacial score (nSPS) is 20.5. The second-order valence-corrected chi connectivity index (χ2v) is 5.33. The Kier molecular flexibility index (Phi) is 5.13. The Morgan fingerprint density at radius 1 is 1.40 bits per heavy atom. The number of piperazine rings is 1. The molecule has 0 radical (unpaired) electrons. The van der Waals surface area contributed by atoms with Gasteiger partial charge >= 0.3 is 0 Å². The fourth-order valence-corrected chi connectivity index (χ4v) is 2.40. The lowest BCUT2D eigenvalue weighted by atomic mass is 10.1. The molecule has 1 saturated heterocycles. The first-order valence-corrected chi connectivity index (χ1v) is 6.91. The number of likely N-dealkylation sites (N-methyl/N-ethyl adjacent to an activating group) is 1. The van der Waals surface area contributed by atoms with Gasteiger partial charge in [-0.1, -0.05) is 17.9 Å². The van der Waals surface area contributed by atoms with Gasteiger partial charge in [-0.15, -0.1) is 0 Å². The van der Waals surface area contributed by atoms with Crippen LogP contribution in [0.4, 0.5) is 4.39 Å². The minimum absolute atomic E-state index is 0.206. The van der Waals surface area contributed by atoms with Crippen molar-refractivity contribution in [3.63, 3.8) is 0 Å². The summed E-state index contributed by atoms with van der Waals surface area (Å²) in [5, 5.41) is 8.64. The molecule has 1 aromatic rings. The molecular weight excluding hydrogens is 255 g/mol. The van der Waals surface area contributed by atoms with Crippen LogP contribution < -0.4 is 0 Å². The molecule has 20 heavy (non-hydrogen) atoms. The van der Waals surface area contributed by atoms with Crippen molar-refractivity contribution in [2.75, 3.05) is 33.3 Å². The smallest absolute Gasteiger partial charge is 0.128 e. The van der Waals surface area contributed by atoms with Gasteiger partial charge in [0.15, 0.2) is 0 Å². The van der Waals surface area contributed by atoms with Crippen molar-refractivity contribution in [2.45, 2.75) is 19.5 Å². The average molecular weight is 276 g/mol. The SMILES string of the molecule is CC1CN(Cc2ccc(C#CCO)cc2F)CCN1C. The zero-order chi connectivity index (χ0) is 14.5. The first-order chi connectivity index (χ1) is 9.60. The van der Waals surface area contributed by atoms with Gasteiger partial charge < -0.3 is 10.0 Å². The predicted molar refractivity (Wildman–Crippen MR) is 77.7 cm³/mol. The molecule has 1 unspecified atom stereocenters. The van der Waals surface area contributed by atoms with E-state index < -0.39 is 0 Å². The van der Waals surface area contributed by atoms with E-state index in [2.05, 4.69) is 35.6 Å². The number of aliphatic hydroxyl groups is 1. The van der Waals surface area contributed by atoms with E-state index in [1.165, 1.54) is 6.07 Å². The number of halogens is 1. The Balaban J connectivity index is 2.03. The zero-order valence-electron chi connectivity index (χ0n) is 12.1. The van der Waals surface area contributed by atoms with Crippen LogP contribution >= 0.6 is 0 Å². The number of aliphatic hydroxyl groups excluding tert-OH is 1. The maximum Gasteiger partial charge on any atom is 0.128 e. The van der Waals surface area contributed by atoms with E-state index in [1.807, 2.05) is 0 Å². The highest BCUT2D eigenvalue weighted by Gasteiger charge is 2.21. The van der Waals surface area contributed by atoms with Crippen LogP contribution in [0.1, 0.15) is 18.1 Å². The second-order valence-electron chi connectivity index (χ2n) is 5.33. The molecular formula is C16H21FN2O. The molecule has 4 heteroatoms. The van der Waals surface area contributed by atoms with Crippen molar-refractivity contribution in [3.8, 4) is 11.8 Å². The highest BCUT2D eigenvalue weighted by molar-refractivity contribution is 5.37. The summed E-state index contributed by atoms with van der Waals surface area (Å²) in [6, 6.07) is 5.54. The molecule has 0 amide bonds. The lowest BCUT2D eigenvalue weighted by molar-refractivity contribution is 0.0991. The van der Waals surface area contributed by atoms with Gasteiger partial charge in [0.1, 0.15) is 12.4 Å². The van der Waals surface area contributed by atoms with Crippen LogP contribution in [-0.4, -0.2) is 54.2 Å². The summed E-state index contributed by atoms with van der Waals surface area (Å²) < 4.78 is 14.0. The predicted octanol–water partition coefficient (Wildman–Crippen LogP) is 1.31. The molecule has 1 aliphatic rings. The maximum absolute atomic E-state index is 14.0. The third-order valence-corrected chi connectivity index (χ3v) is 3.80. The first-order valence-electron chi connectivity index (χ1n) is 6.91. The van der Waals surface area contributed by atoms with Crippen LogP contribution in [0.2, 0.25) is 0 Å². The molecule has 0 aromatic heterocycles. The van der Waals surface area contributed by atoms with E-state index in [-0.39, 0.29) is 12.4 Å². The molecule has 1 heterocycles. The lowest BCUT2D eigenvalue weighted by Gasteiger charge is -2.37. The number of hydrogen-bond donors (Lipinski definition) is 1.